The lowest BCUT2D eigenvalue weighted by Crippen LogP contribution is -2.46. The average Bonchev–Trinajstić information content (AvgIpc) is 3.28. The molecule has 3 aromatic rings. The maximum atomic E-state index is 13.3. The molecule has 4 rings (SSSR count). The van der Waals surface area contributed by atoms with Gasteiger partial charge in [-0.25, -0.2) is 8.42 Å². The number of amides is 1. The Labute approximate surface area is 177 Å². The molecule has 0 aromatic heterocycles. The van der Waals surface area contributed by atoms with Crippen LogP contribution in [0.5, 0.6) is 0 Å². The van der Waals surface area contributed by atoms with Crippen LogP contribution in [0.15, 0.2) is 77.7 Å². The molecule has 1 atom stereocenters. The Morgan fingerprint density at radius 2 is 1.70 bits per heavy atom. The number of benzene rings is 3. The second kappa shape index (κ2) is 8.98. The van der Waals surface area contributed by atoms with Crippen molar-refractivity contribution in [2.45, 2.75) is 36.6 Å². The molecule has 1 amide bonds. The lowest BCUT2D eigenvalue weighted by molar-refractivity contribution is -0.124. The van der Waals surface area contributed by atoms with Gasteiger partial charge in [-0.3, -0.25) is 4.79 Å². The first-order chi connectivity index (χ1) is 14.6. The molecule has 30 heavy (non-hydrogen) atoms. The summed E-state index contributed by atoms with van der Waals surface area (Å²) in [6, 6.07) is 22.3. The van der Waals surface area contributed by atoms with E-state index in [0.717, 1.165) is 23.6 Å². The first-order valence-electron chi connectivity index (χ1n) is 10.4. The van der Waals surface area contributed by atoms with Crippen LogP contribution >= 0.6 is 0 Å². The van der Waals surface area contributed by atoms with Gasteiger partial charge < -0.3 is 5.32 Å². The summed E-state index contributed by atoms with van der Waals surface area (Å²) in [5, 5.41) is 4.80. The number of fused-ring (bicyclic) bond motifs is 1. The van der Waals surface area contributed by atoms with Crippen LogP contribution in [0.4, 0.5) is 0 Å². The molecule has 5 nitrogen and oxygen atoms in total. The molecule has 0 radical (unpaired) electrons. The third-order valence-electron chi connectivity index (χ3n) is 5.62. The Balaban J connectivity index is 1.42. The number of nitrogens with one attached hydrogen (secondary N) is 1. The number of sulfonamides is 1. The second-order valence-electron chi connectivity index (χ2n) is 7.66. The second-order valence-corrected chi connectivity index (χ2v) is 9.55. The van der Waals surface area contributed by atoms with Crippen molar-refractivity contribution < 1.29 is 13.2 Å². The summed E-state index contributed by atoms with van der Waals surface area (Å²) in [6.07, 6.45) is 2.94. The summed E-state index contributed by atoms with van der Waals surface area (Å²) in [5.41, 5.74) is 1.23. The van der Waals surface area contributed by atoms with Gasteiger partial charge in [0.2, 0.25) is 15.9 Å². The van der Waals surface area contributed by atoms with Gasteiger partial charge >= 0.3 is 0 Å². The normalized spacial score (nSPS) is 17.3. The molecule has 0 saturated carbocycles. The topological polar surface area (TPSA) is 66.5 Å². The van der Waals surface area contributed by atoms with Gasteiger partial charge in [-0.1, -0.05) is 60.7 Å². The van der Waals surface area contributed by atoms with Crippen LogP contribution in [0, 0.1) is 0 Å². The van der Waals surface area contributed by atoms with E-state index >= 15 is 0 Å². The molecule has 0 spiro atoms. The maximum absolute atomic E-state index is 13.3. The molecular weight excluding hydrogens is 396 g/mol. The van der Waals surface area contributed by atoms with Crippen LogP contribution in [0.3, 0.4) is 0 Å². The Bertz CT molecular complexity index is 1130. The smallest absolute Gasteiger partial charge is 0.243 e. The van der Waals surface area contributed by atoms with Crippen LogP contribution in [0.1, 0.15) is 24.8 Å². The Morgan fingerprint density at radius 1 is 0.967 bits per heavy atom. The van der Waals surface area contributed by atoms with Crippen LogP contribution < -0.4 is 5.32 Å². The highest BCUT2D eigenvalue weighted by molar-refractivity contribution is 7.89. The highest BCUT2D eigenvalue weighted by atomic mass is 32.2. The number of carbonyl (C=O) groups excluding carboxylic acids is 1. The summed E-state index contributed by atoms with van der Waals surface area (Å²) < 4.78 is 27.9. The highest BCUT2D eigenvalue weighted by Gasteiger charge is 2.39. The zero-order chi connectivity index (χ0) is 21.0. The fourth-order valence-corrected chi connectivity index (χ4v) is 5.71. The van der Waals surface area contributed by atoms with Gasteiger partial charge in [0.25, 0.3) is 0 Å². The molecule has 0 bridgehead atoms. The molecule has 0 unspecified atom stereocenters. The third-order valence-corrected chi connectivity index (χ3v) is 7.52. The summed E-state index contributed by atoms with van der Waals surface area (Å²) in [5.74, 6) is -0.204. The monoisotopic (exact) mass is 422 g/mol. The molecule has 1 aliphatic heterocycles. The Kier molecular flexibility index (Phi) is 6.16. The maximum Gasteiger partial charge on any atom is 0.243 e. The van der Waals surface area contributed by atoms with Gasteiger partial charge in [-0.2, -0.15) is 4.31 Å². The highest BCUT2D eigenvalue weighted by Crippen LogP contribution is 2.28. The van der Waals surface area contributed by atoms with Crippen LogP contribution in [-0.4, -0.2) is 37.8 Å². The van der Waals surface area contributed by atoms with E-state index in [1.807, 2.05) is 48.5 Å². The first-order valence-corrected chi connectivity index (χ1v) is 11.8. The minimum Gasteiger partial charge on any atom is -0.355 e. The van der Waals surface area contributed by atoms with Crippen molar-refractivity contribution in [2.75, 3.05) is 13.1 Å². The zero-order valence-corrected chi connectivity index (χ0v) is 17.6. The van der Waals surface area contributed by atoms with E-state index in [9.17, 15) is 13.2 Å². The van der Waals surface area contributed by atoms with Crippen molar-refractivity contribution in [3.8, 4) is 0 Å². The summed E-state index contributed by atoms with van der Waals surface area (Å²) >= 11 is 0. The molecule has 3 aromatic carbocycles. The van der Waals surface area contributed by atoms with E-state index in [1.54, 1.807) is 12.1 Å². The van der Waals surface area contributed by atoms with E-state index in [-0.39, 0.29) is 10.8 Å². The zero-order valence-electron chi connectivity index (χ0n) is 16.8. The van der Waals surface area contributed by atoms with Gasteiger partial charge in [-0.05, 0) is 54.2 Å². The van der Waals surface area contributed by atoms with Gasteiger partial charge in [0.15, 0.2) is 0 Å². The number of rotatable bonds is 7. The van der Waals surface area contributed by atoms with Crippen molar-refractivity contribution >= 4 is 26.7 Å². The molecular formula is C24H26N2O3S. The van der Waals surface area contributed by atoms with E-state index in [4.69, 9.17) is 0 Å². The molecule has 1 saturated heterocycles. The Hall–Kier alpha value is -2.70. The Morgan fingerprint density at radius 3 is 2.50 bits per heavy atom. The van der Waals surface area contributed by atoms with Gasteiger partial charge in [0.05, 0.1) is 4.90 Å². The molecule has 156 valence electrons. The van der Waals surface area contributed by atoms with Gasteiger partial charge in [0.1, 0.15) is 6.04 Å². The van der Waals surface area contributed by atoms with Crippen LogP contribution in [0.25, 0.3) is 10.8 Å². The fraction of sp³-hybridized carbons (Fsp3) is 0.292. The quantitative estimate of drug-likeness (QED) is 0.590. The summed E-state index contributed by atoms with van der Waals surface area (Å²) in [7, 11) is -3.73. The number of carbonyl (C=O) groups is 1. The predicted octanol–water partition coefficient (Wildman–Crippen LogP) is 3.74. The van der Waals surface area contributed by atoms with Crippen molar-refractivity contribution in [3.63, 3.8) is 0 Å². The van der Waals surface area contributed by atoms with Crippen LogP contribution in [0.2, 0.25) is 0 Å². The fourth-order valence-electron chi connectivity index (χ4n) is 4.02. The lowest BCUT2D eigenvalue weighted by Gasteiger charge is -2.23. The number of hydrogen-bond acceptors (Lipinski definition) is 3. The van der Waals surface area contributed by atoms with E-state index in [0.29, 0.717) is 25.9 Å². The minimum absolute atomic E-state index is 0.204. The van der Waals surface area contributed by atoms with E-state index < -0.39 is 16.1 Å². The third kappa shape index (κ3) is 4.40. The van der Waals surface area contributed by atoms with Gasteiger partial charge in [0, 0.05) is 13.1 Å². The molecule has 1 aliphatic rings. The average molecular weight is 423 g/mol. The van der Waals surface area contributed by atoms with Crippen molar-refractivity contribution in [2.24, 2.45) is 0 Å². The van der Waals surface area contributed by atoms with Crippen molar-refractivity contribution in [3.05, 3.63) is 78.4 Å². The number of nitrogens with zero attached hydrogens (tertiary/aromatic N) is 1. The number of aryl methyl sites for hydroxylation is 1. The SMILES string of the molecule is O=C(NCCCc1ccccc1)[C@@H]1CCCN1S(=O)(=O)c1ccc2ccccc2c1. The lowest BCUT2D eigenvalue weighted by atomic mass is 10.1. The first kappa shape index (κ1) is 20.6. The molecule has 1 fully saturated rings. The van der Waals surface area contributed by atoms with Gasteiger partial charge in [-0.15, -0.1) is 0 Å². The molecule has 0 aliphatic carbocycles. The standard InChI is InChI=1S/C24H26N2O3S/c27-24(25-16-6-10-19-8-2-1-3-9-19)23-13-7-17-26(23)30(28,29)22-15-14-20-11-4-5-12-21(20)18-22/h1-5,8-9,11-12,14-15,18,23H,6-7,10,13,16-17H2,(H,25,27)/t23-/m0/s1. The predicted molar refractivity (Wildman–Crippen MR) is 119 cm³/mol. The minimum atomic E-state index is -3.73. The van der Waals surface area contributed by atoms with Crippen molar-refractivity contribution in [1.82, 2.24) is 9.62 Å². The van der Waals surface area contributed by atoms with E-state index in [1.165, 1.54) is 9.87 Å². The summed E-state index contributed by atoms with van der Waals surface area (Å²) in [4.78, 5) is 13.0. The van der Waals surface area contributed by atoms with Crippen LogP contribution in [-0.2, 0) is 21.2 Å². The van der Waals surface area contributed by atoms with Crippen molar-refractivity contribution in [1.29, 1.82) is 0 Å². The molecule has 6 heteroatoms. The number of hydrogen-bond donors (Lipinski definition) is 1. The molecule has 1 N–H and O–H groups in total. The summed E-state index contributed by atoms with van der Waals surface area (Å²) in [6.45, 7) is 0.908. The largest absolute Gasteiger partial charge is 0.355 e. The molecule has 1 heterocycles. The van der Waals surface area contributed by atoms with E-state index in [2.05, 4.69) is 17.4 Å².